The summed E-state index contributed by atoms with van der Waals surface area (Å²) in [4.78, 5) is 16.4. The van der Waals surface area contributed by atoms with Crippen molar-refractivity contribution >= 4 is 39.8 Å². The average molecular weight is 409 g/mol. The molecule has 3 rings (SSSR count). The van der Waals surface area contributed by atoms with Gasteiger partial charge in [-0.15, -0.1) is 0 Å². The van der Waals surface area contributed by atoms with Gasteiger partial charge in [0.15, 0.2) is 0 Å². The minimum atomic E-state index is -4.49. The molecule has 146 valence electrons. The Morgan fingerprint density at radius 2 is 1.96 bits per heavy atom. The Morgan fingerprint density at radius 3 is 2.61 bits per heavy atom. The molecule has 3 aromatic rings. The molecule has 28 heavy (non-hydrogen) atoms. The zero-order chi connectivity index (χ0) is 20.5. The number of alkyl halides is 3. The quantitative estimate of drug-likeness (QED) is 0.527. The van der Waals surface area contributed by atoms with Crippen LogP contribution in [0.25, 0.3) is 10.9 Å². The monoisotopic (exact) mass is 408 g/mol. The second-order valence-electron chi connectivity index (χ2n) is 6.09. The second-order valence-corrected chi connectivity index (χ2v) is 6.49. The third kappa shape index (κ3) is 4.04. The number of carbonyl (C=O) groups is 1. The maximum Gasteiger partial charge on any atom is 0.416 e. The van der Waals surface area contributed by atoms with Gasteiger partial charge in [0.2, 0.25) is 0 Å². The summed E-state index contributed by atoms with van der Waals surface area (Å²) >= 11 is 6.15. The molecule has 8 heteroatoms. The summed E-state index contributed by atoms with van der Waals surface area (Å²) < 4.78 is 44.1. The number of halogens is 4. The Kier molecular flexibility index (Phi) is 5.47. The summed E-state index contributed by atoms with van der Waals surface area (Å²) in [7, 11) is 0. The van der Waals surface area contributed by atoms with E-state index in [1.54, 1.807) is 25.1 Å². The predicted octanol–water partition coefficient (Wildman–Crippen LogP) is 6.14. The van der Waals surface area contributed by atoms with Crippen LogP contribution in [0, 0.1) is 6.92 Å². The van der Waals surface area contributed by atoms with E-state index in [9.17, 15) is 18.0 Å². The predicted molar refractivity (Wildman–Crippen MR) is 102 cm³/mol. The minimum absolute atomic E-state index is 0.101. The average Bonchev–Trinajstić information content (AvgIpc) is 2.64. The largest absolute Gasteiger partial charge is 0.462 e. The van der Waals surface area contributed by atoms with E-state index < -0.39 is 17.7 Å². The molecule has 1 N–H and O–H groups in total. The standard InChI is InChI=1S/C20H16ClF3N2O2/c1-3-28-19(27)15-10-25-17-8-12(20(22,23)24)5-7-14(17)18(15)26-13-6-4-11(2)16(21)9-13/h4-10H,3H2,1-2H3,(H,25,26). The van der Waals surface area contributed by atoms with Crippen LogP contribution in [0.15, 0.2) is 42.6 Å². The number of fused-ring (bicyclic) bond motifs is 1. The Morgan fingerprint density at radius 1 is 1.21 bits per heavy atom. The number of anilines is 2. The molecule has 0 saturated carbocycles. The van der Waals surface area contributed by atoms with Crippen molar-refractivity contribution < 1.29 is 22.7 Å². The van der Waals surface area contributed by atoms with Gasteiger partial charge in [-0.1, -0.05) is 23.7 Å². The number of ether oxygens (including phenoxy) is 1. The van der Waals surface area contributed by atoms with E-state index in [1.165, 1.54) is 12.3 Å². The van der Waals surface area contributed by atoms with Crippen LogP contribution in [0.2, 0.25) is 5.02 Å². The van der Waals surface area contributed by atoms with Gasteiger partial charge >= 0.3 is 12.1 Å². The van der Waals surface area contributed by atoms with E-state index in [4.69, 9.17) is 16.3 Å². The number of rotatable bonds is 4. The number of esters is 1. The van der Waals surface area contributed by atoms with E-state index in [-0.39, 0.29) is 17.7 Å². The van der Waals surface area contributed by atoms with Crippen molar-refractivity contribution in [3.05, 3.63) is 64.3 Å². The Bertz CT molecular complexity index is 1050. The summed E-state index contributed by atoms with van der Waals surface area (Å²) in [5.74, 6) is -0.627. The van der Waals surface area contributed by atoms with Crippen LogP contribution in [0.4, 0.5) is 24.5 Å². The highest BCUT2D eigenvalue weighted by molar-refractivity contribution is 6.31. The minimum Gasteiger partial charge on any atom is -0.462 e. The molecular weight excluding hydrogens is 393 g/mol. The lowest BCUT2D eigenvalue weighted by Gasteiger charge is -2.16. The number of nitrogens with zero attached hydrogens (tertiary/aromatic N) is 1. The van der Waals surface area contributed by atoms with E-state index in [0.717, 1.165) is 17.7 Å². The van der Waals surface area contributed by atoms with E-state index in [2.05, 4.69) is 10.3 Å². The van der Waals surface area contributed by atoms with Gasteiger partial charge in [-0.2, -0.15) is 13.2 Å². The number of aromatic nitrogens is 1. The first-order chi connectivity index (χ1) is 13.2. The van der Waals surface area contributed by atoms with Crippen LogP contribution < -0.4 is 5.32 Å². The summed E-state index contributed by atoms with van der Waals surface area (Å²) in [5.41, 5.74) is 1.15. The van der Waals surface area contributed by atoms with E-state index in [1.807, 2.05) is 6.92 Å². The van der Waals surface area contributed by atoms with Crippen molar-refractivity contribution in [1.82, 2.24) is 4.98 Å². The molecule has 0 amide bonds. The number of hydrogen-bond acceptors (Lipinski definition) is 4. The maximum absolute atomic E-state index is 13.0. The molecule has 0 unspecified atom stereocenters. The fourth-order valence-electron chi connectivity index (χ4n) is 2.68. The molecule has 0 aliphatic carbocycles. The van der Waals surface area contributed by atoms with Gasteiger partial charge < -0.3 is 10.1 Å². The molecule has 0 aliphatic rings. The maximum atomic E-state index is 13.0. The van der Waals surface area contributed by atoms with Gasteiger partial charge in [0.1, 0.15) is 5.56 Å². The van der Waals surface area contributed by atoms with Crippen molar-refractivity contribution in [3.8, 4) is 0 Å². The number of hydrogen-bond donors (Lipinski definition) is 1. The number of pyridine rings is 1. The van der Waals surface area contributed by atoms with Gasteiger partial charge in [0.25, 0.3) is 0 Å². The Balaban J connectivity index is 2.17. The number of carbonyl (C=O) groups excluding carboxylic acids is 1. The van der Waals surface area contributed by atoms with Crippen LogP contribution in [0.5, 0.6) is 0 Å². The first kappa shape index (κ1) is 19.9. The lowest BCUT2D eigenvalue weighted by atomic mass is 10.1. The molecule has 4 nitrogen and oxygen atoms in total. The van der Waals surface area contributed by atoms with Crippen molar-refractivity contribution in [3.63, 3.8) is 0 Å². The van der Waals surface area contributed by atoms with Gasteiger partial charge in [-0.25, -0.2) is 4.79 Å². The molecular formula is C20H16ClF3N2O2. The molecule has 0 fully saturated rings. The van der Waals surface area contributed by atoms with Crippen LogP contribution >= 0.6 is 11.6 Å². The van der Waals surface area contributed by atoms with Gasteiger partial charge in [-0.3, -0.25) is 4.98 Å². The highest BCUT2D eigenvalue weighted by Crippen LogP contribution is 2.35. The Labute approximate surface area is 164 Å². The summed E-state index contributed by atoms with van der Waals surface area (Å²) in [6.45, 7) is 3.66. The summed E-state index contributed by atoms with van der Waals surface area (Å²) in [6.07, 6.45) is -3.29. The first-order valence-corrected chi connectivity index (χ1v) is 8.78. The van der Waals surface area contributed by atoms with Gasteiger partial charge in [-0.05, 0) is 43.7 Å². The SMILES string of the molecule is CCOC(=O)c1cnc2cc(C(F)(F)F)ccc2c1Nc1ccc(C)c(Cl)c1. The fraction of sp³-hybridized carbons (Fsp3) is 0.200. The van der Waals surface area contributed by atoms with Crippen LogP contribution in [0.3, 0.4) is 0 Å². The second kappa shape index (κ2) is 7.67. The van der Waals surface area contributed by atoms with E-state index in [0.29, 0.717) is 21.8 Å². The van der Waals surface area contributed by atoms with Crippen LogP contribution in [0.1, 0.15) is 28.4 Å². The van der Waals surface area contributed by atoms with Crippen LogP contribution in [-0.2, 0) is 10.9 Å². The zero-order valence-corrected chi connectivity index (χ0v) is 15.8. The first-order valence-electron chi connectivity index (χ1n) is 8.41. The summed E-state index contributed by atoms with van der Waals surface area (Å²) in [6, 6.07) is 8.39. The zero-order valence-electron chi connectivity index (χ0n) is 15.0. The van der Waals surface area contributed by atoms with Crippen molar-refractivity contribution in [2.45, 2.75) is 20.0 Å². The third-order valence-corrected chi connectivity index (χ3v) is 4.54. The number of nitrogens with one attached hydrogen (secondary N) is 1. The van der Waals surface area contributed by atoms with Gasteiger partial charge in [0.05, 0.1) is 23.4 Å². The molecule has 0 aliphatic heterocycles. The third-order valence-electron chi connectivity index (χ3n) is 4.13. The molecule has 0 atom stereocenters. The lowest BCUT2D eigenvalue weighted by molar-refractivity contribution is -0.137. The summed E-state index contributed by atoms with van der Waals surface area (Å²) in [5, 5.41) is 3.95. The van der Waals surface area contributed by atoms with Crippen molar-refractivity contribution in [2.24, 2.45) is 0 Å². The smallest absolute Gasteiger partial charge is 0.416 e. The number of benzene rings is 2. The molecule has 2 aromatic carbocycles. The highest BCUT2D eigenvalue weighted by Gasteiger charge is 2.31. The molecule has 0 spiro atoms. The van der Waals surface area contributed by atoms with Crippen LogP contribution in [-0.4, -0.2) is 17.6 Å². The highest BCUT2D eigenvalue weighted by atomic mass is 35.5. The molecule has 0 bridgehead atoms. The molecule has 0 saturated heterocycles. The van der Waals surface area contributed by atoms with Gasteiger partial charge in [0, 0.05) is 22.3 Å². The molecule has 1 aromatic heterocycles. The normalized spacial score (nSPS) is 11.5. The molecule has 0 radical (unpaired) electrons. The lowest BCUT2D eigenvalue weighted by Crippen LogP contribution is -2.10. The van der Waals surface area contributed by atoms with Crippen molar-refractivity contribution in [2.75, 3.05) is 11.9 Å². The number of aryl methyl sites for hydroxylation is 1. The fourth-order valence-corrected chi connectivity index (χ4v) is 2.86. The topological polar surface area (TPSA) is 51.2 Å². The van der Waals surface area contributed by atoms with E-state index >= 15 is 0 Å². The molecule has 1 heterocycles. The Hall–Kier alpha value is -2.80. The van der Waals surface area contributed by atoms with Crippen molar-refractivity contribution in [1.29, 1.82) is 0 Å².